The summed E-state index contributed by atoms with van der Waals surface area (Å²) in [5, 5.41) is 0. The van der Waals surface area contributed by atoms with Crippen molar-refractivity contribution < 1.29 is 14.3 Å². The molecule has 1 heterocycles. The number of ketones is 1. The molecule has 2 N–H and O–H groups in total. The molecular weight excluding hydrogens is 332 g/mol. The lowest BCUT2D eigenvalue weighted by Crippen LogP contribution is -2.19. The molecule has 0 aliphatic carbocycles. The minimum atomic E-state index is -0.316. The molecule has 0 radical (unpaired) electrons. The topological polar surface area (TPSA) is 83.5 Å². The van der Waals surface area contributed by atoms with E-state index in [0.29, 0.717) is 22.7 Å². The van der Waals surface area contributed by atoms with Gasteiger partial charge in [0, 0.05) is 17.8 Å². The molecule has 3 rings (SSSR count). The van der Waals surface area contributed by atoms with Crippen molar-refractivity contribution >= 4 is 11.5 Å². The largest absolute Gasteiger partial charge is 0.497 e. The van der Waals surface area contributed by atoms with Crippen molar-refractivity contribution in [2.45, 2.75) is 0 Å². The maximum atomic E-state index is 13.1. The van der Waals surface area contributed by atoms with E-state index in [1.807, 2.05) is 0 Å². The monoisotopic (exact) mass is 350 g/mol. The summed E-state index contributed by atoms with van der Waals surface area (Å²) in [5.74, 6) is 0.580. The van der Waals surface area contributed by atoms with Crippen LogP contribution in [0.1, 0.15) is 15.9 Å². The molecule has 3 aromatic rings. The van der Waals surface area contributed by atoms with Gasteiger partial charge in [-0.15, -0.1) is 0 Å². The summed E-state index contributed by atoms with van der Waals surface area (Å²) in [7, 11) is 2.99. The molecule has 1 aromatic heterocycles. The molecule has 26 heavy (non-hydrogen) atoms. The Labute approximate surface area is 150 Å². The van der Waals surface area contributed by atoms with Crippen LogP contribution < -0.4 is 20.8 Å². The van der Waals surface area contributed by atoms with E-state index in [2.05, 4.69) is 0 Å². The average molecular weight is 350 g/mol. The highest BCUT2D eigenvalue weighted by Gasteiger charge is 2.21. The fourth-order valence-electron chi connectivity index (χ4n) is 2.74. The van der Waals surface area contributed by atoms with E-state index in [9.17, 15) is 9.59 Å². The van der Waals surface area contributed by atoms with Gasteiger partial charge in [0.15, 0.2) is 5.78 Å². The quantitative estimate of drug-likeness (QED) is 0.565. The van der Waals surface area contributed by atoms with E-state index in [4.69, 9.17) is 15.2 Å². The Morgan fingerprint density at radius 3 is 2.50 bits per heavy atom. The molecule has 0 unspecified atom stereocenters. The van der Waals surface area contributed by atoms with Crippen molar-refractivity contribution in [2.75, 3.05) is 20.0 Å². The van der Waals surface area contributed by atoms with E-state index in [-0.39, 0.29) is 22.6 Å². The minimum absolute atomic E-state index is 0.172. The predicted molar refractivity (Wildman–Crippen MR) is 99.4 cm³/mol. The van der Waals surface area contributed by atoms with E-state index in [0.717, 1.165) is 0 Å². The second-order valence-electron chi connectivity index (χ2n) is 5.55. The van der Waals surface area contributed by atoms with Gasteiger partial charge in [0.05, 0.1) is 31.2 Å². The van der Waals surface area contributed by atoms with E-state index >= 15 is 0 Å². The van der Waals surface area contributed by atoms with E-state index < -0.39 is 0 Å². The summed E-state index contributed by atoms with van der Waals surface area (Å²) in [4.78, 5) is 25.2. The first-order chi connectivity index (χ1) is 12.6. The average Bonchev–Trinajstić information content (AvgIpc) is 2.68. The number of ether oxygens (including phenoxy) is 2. The number of nitrogen functional groups attached to an aromatic ring is 1. The number of rotatable bonds is 5. The van der Waals surface area contributed by atoms with Gasteiger partial charge in [-0.05, 0) is 30.3 Å². The molecule has 6 nitrogen and oxygen atoms in total. The van der Waals surface area contributed by atoms with Gasteiger partial charge >= 0.3 is 0 Å². The number of pyridine rings is 1. The van der Waals surface area contributed by atoms with Crippen LogP contribution in [0, 0.1) is 0 Å². The zero-order chi connectivity index (χ0) is 18.7. The summed E-state index contributed by atoms with van der Waals surface area (Å²) in [6.45, 7) is 0. The van der Waals surface area contributed by atoms with Crippen molar-refractivity contribution in [3.8, 4) is 17.2 Å². The van der Waals surface area contributed by atoms with E-state index in [1.165, 1.54) is 24.9 Å². The van der Waals surface area contributed by atoms with Gasteiger partial charge in [-0.25, -0.2) is 0 Å². The number of nitrogens with two attached hydrogens (primary N) is 1. The van der Waals surface area contributed by atoms with Crippen molar-refractivity contribution in [1.82, 2.24) is 4.57 Å². The highest BCUT2D eigenvalue weighted by atomic mass is 16.5. The number of benzene rings is 2. The minimum Gasteiger partial charge on any atom is -0.497 e. The lowest BCUT2D eigenvalue weighted by Gasteiger charge is -2.16. The number of anilines is 1. The fourth-order valence-corrected chi connectivity index (χ4v) is 2.74. The Hall–Kier alpha value is -3.54. The molecule has 6 heteroatoms. The maximum absolute atomic E-state index is 13.1. The second kappa shape index (κ2) is 7.14. The van der Waals surface area contributed by atoms with Crippen LogP contribution in [0.2, 0.25) is 0 Å². The predicted octanol–water partition coefficient (Wildman–Crippen LogP) is 2.67. The molecule has 0 atom stereocenters. The third-order valence-electron chi connectivity index (χ3n) is 4.05. The standard InChI is InChI=1S/C20H18N2O4/c1-25-14-7-5-6-13(12-14)20(24)18-16(26-2)10-9-15(19(18)21)22-11-4-3-8-17(22)23/h3-12H,21H2,1-2H3. The second-order valence-corrected chi connectivity index (χ2v) is 5.55. The number of carbonyl (C=O) groups excluding carboxylic acids is 1. The summed E-state index contributed by atoms with van der Waals surface area (Å²) in [6, 6.07) is 14.8. The Balaban J connectivity index is 2.20. The molecule has 0 aliphatic rings. The van der Waals surface area contributed by atoms with Crippen LogP contribution in [0.4, 0.5) is 5.69 Å². The summed E-state index contributed by atoms with van der Waals surface area (Å²) >= 11 is 0. The van der Waals surface area contributed by atoms with Gasteiger partial charge in [-0.2, -0.15) is 0 Å². The van der Waals surface area contributed by atoms with Gasteiger partial charge < -0.3 is 15.2 Å². The lowest BCUT2D eigenvalue weighted by molar-refractivity contribution is 0.103. The van der Waals surface area contributed by atoms with Crippen LogP contribution in [-0.4, -0.2) is 24.6 Å². The number of methoxy groups -OCH3 is 2. The molecule has 0 aliphatic heterocycles. The molecule has 0 saturated heterocycles. The SMILES string of the molecule is COc1cccc(C(=O)c2c(OC)ccc(-n3ccccc3=O)c2N)c1. The van der Waals surface area contributed by atoms with Gasteiger partial charge in [0.1, 0.15) is 11.5 Å². The van der Waals surface area contributed by atoms with Crippen LogP contribution in [-0.2, 0) is 0 Å². The number of nitrogens with zero attached hydrogens (tertiary/aromatic N) is 1. The van der Waals surface area contributed by atoms with Crippen LogP contribution in [0.15, 0.2) is 65.6 Å². The molecule has 2 aromatic carbocycles. The highest BCUT2D eigenvalue weighted by molar-refractivity contribution is 6.15. The number of hydrogen-bond donors (Lipinski definition) is 1. The zero-order valence-electron chi connectivity index (χ0n) is 14.4. The first-order valence-electron chi connectivity index (χ1n) is 7.90. The molecule has 0 bridgehead atoms. The van der Waals surface area contributed by atoms with Crippen LogP contribution in [0.3, 0.4) is 0 Å². The summed E-state index contributed by atoms with van der Waals surface area (Å²) < 4.78 is 11.9. The van der Waals surface area contributed by atoms with Crippen molar-refractivity contribution in [2.24, 2.45) is 0 Å². The Morgan fingerprint density at radius 1 is 1.00 bits per heavy atom. The molecular formula is C20H18N2O4. The fraction of sp³-hybridized carbons (Fsp3) is 0.100. The molecule has 132 valence electrons. The normalized spacial score (nSPS) is 10.4. The van der Waals surface area contributed by atoms with Gasteiger partial charge in [0.25, 0.3) is 5.56 Å². The van der Waals surface area contributed by atoms with Crippen molar-refractivity contribution in [3.63, 3.8) is 0 Å². The third-order valence-corrected chi connectivity index (χ3v) is 4.05. The maximum Gasteiger partial charge on any atom is 0.255 e. The first-order valence-corrected chi connectivity index (χ1v) is 7.90. The molecule has 0 saturated carbocycles. The van der Waals surface area contributed by atoms with Crippen LogP contribution in [0.5, 0.6) is 11.5 Å². The van der Waals surface area contributed by atoms with Gasteiger partial charge in [-0.1, -0.05) is 18.2 Å². The lowest BCUT2D eigenvalue weighted by atomic mass is 9.99. The van der Waals surface area contributed by atoms with E-state index in [1.54, 1.807) is 54.7 Å². The number of aromatic nitrogens is 1. The number of hydrogen-bond acceptors (Lipinski definition) is 5. The van der Waals surface area contributed by atoms with Crippen LogP contribution >= 0.6 is 0 Å². The van der Waals surface area contributed by atoms with Gasteiger partial charge in [-0.3, -0.25) is 14.2 Å². The zero-order valence-corrected chi connectivity index (χ0v) is 14.4. The summed E-state index contributed by atoms with van der Waals surface area (Å²) in [6.07, 6.45) is 1.60. The first kappa shape index (κ1) is 17.3. The Bertz CT molecular complexity index is 1020. The molecule has 0 fully saturated rings. The number of carbonyl (C=O) groups is 1. The molecule has 0 amide bonds. The van der Waals surface area contributed by atoms with Crippen molar-refractivity contribution in [1.29, 1.82) is 0 Å². The molecule has 0 spiro atoms. The van der Waals surface area contributed by atoms with Gasteiger partial charge in [0.2, 0.25) is 0 Å². The Morgan fingerprint density at radius 2 is 1.81 bits per heavy atom. The Kier molecular flexibility index (Phi) is 4.75. The summed E-state index contributed by atoms with van der Waals surface area (Å²) in [5.41, 5.74) is 7.23. The highest BCUT2D eigenvalue weighted by Crippen LogP contribution is 2.32. The van der Waals surface area contributed by atoms with Crippen molar-refractivity contribution in [3.05, 3.63) is 82.3 Å². The third kappa shape index (κ3) is 3.04. The smallest absolute Gasteiger partial charge is 0.255 e. The van der Waals surface area contributed by atoms with Crippen LogP contribution in [0.25, 0.3) is 5.69 Å².